The molecule has 156 valence electrons. The van der Waals surface area contributed by atoms with Gasteiger partial charge in [0.1, 0.15) is 0 Å². The number of rotatable bonds is 5. The fourth-order valence-corrected chi connectivity index (χ4v) is 4.07. The molecule has 0 saturated carbocycles. The molecule has 0 fully saturated rings. The first-order valence-corrected chi connectivity index (χ1v) is 11.3. The predicted octanol–water partition coefficient (Wildman–Crippen LogP) is 7.74. The molecule has 4 aromatic rings. The fourth-order valence-electron chi connectivity index (χ4n) is 3.71. The number of anilines is 1. The van der Waals surface area contributed by atoms with Crippen molar-refractivity contribution in [1.82, 2.24) is 4.98 Å². The minimum absolute atomic E-state index is 0.130. The summed E-state index contributed by atoms with van der Waals surface area (Å²) in [4.78, 5) is 18.3. The molecule has 1 amide bonds. The van der Waals surface area contributed by atoms with Crippen molar-refractivity contribution in [1.29, 1.82) is 0 Å². The Morgan fingerprint density at radius 2 is 1.77 bits per heavy atom. The Bertz CT molecular complexity index is 1250. The van der Waals surface area contributed by atoms with Gasteiger partial charge in [-0.3, -0.25) is 4.79 Å². The molecule has 0 aliphatic heterocycles. The van der Waals surface area contributed by atoms with Gasteiger partial charge in [-0.25, -0.2) is 4.98 Å². The number of hydrogen-bond acceptors (Lipinski definition) is 2. The zero-order chi connectivity index (χ0) is 22.0. The third kappa shape index (κ3) is 4.54. The van der Waals surface area contributed by atoms with Crippen molar-refractivity contribution in [3.63, 3.8) is 0 Å². The maximum absolute atomic E-state index is 13.5. The van der Waals surface area contributed by atoms with Crippen LogP contribution in [0.15, 0.2) is 77.3 Å². The van der Waals surface area contributed by atoms with Crippen molar-refractivity contribution in [3.8, 4) is 11.3 Å². The van der Waals surface area contributed by atoms with Gasteiger partial charge in [0.25, 0.3) is 5.91 Å². The van der Waals surface area contributed by atoms with Crippen molar-refractivity contribution in [2.24, 2.45) is 0 Å². The van der Waals surface area contributed by atoms with Crippen LogP contribution < -0.4 is 5.32 Å². The summed E-state index contributed by atoms with van der Waals surface area (Å²) in [6.07, 6.45) is 1.01. The zero-order valence-electron chi connectivity index (χ0n) is 17.9. The van der Waals surface area contributed by atoms with Crippen LogP contribution in [0.3, 0.4) is 0 Å². The van der Waals surface area contributed by atoms with E-state index in [1.54, 1.807) is 0 Å². The molecule has 4 heteroatoms. The van der Waals surface area contributed by atoms with E-state index in [0.29, 0.717) is 11.5 Å². The zero-order valence-corrected chi connectivity index (χ0v) is 19.5. The van der Waals surface area contributed by atoms with E-state index in [-0.39, 0.29) is 5.91 Å². The van der Waals surface area contributed by atoms with Crippen LogP contribution in [-0.2, 0) is 0 Å². The normalized spacial score (nSPS) is 12.0. The Morgan fingerprint density at radius 3 is 2.52 bits per heavy atom. The molecule has 3 aromatic carbocycles. The Hall–Kier alpha value is -2.98. The van der Waals surface area contributed by atoms with Gasteiger partial charge in [-0.2, -0.15) is 0 Å². The first-order chi connectivity index (χ1) is 15.0. The van der Waals surface area contributed by atoms with E-state index in [1.807, 2.05) is 54.6 Å². The molecule has 0 aliphatic rings. The summed E-state index contributed by atoms with van der Waals surface area (Å²) in [7, 11) is 0. The number of pyridine rings is 1. The molecule has 0 bridgehead atoms. The van der Waals surface area contributed by atoms with Crippen molar-refractivity contribution in [2.45, 2.75) is 33.1 Å². The molecule has 0 spiro atoms. The standard InChI is InChI=1S/C27H25BrN2O/c1-4-18(3)21-7-5-6-8-24(21)30-27(31)23-16-26(19-11-9-17(2)10-12-19)29-25-14-13-20(28)15-22(23)25/h5-16,18H,4H2,1-3H3,(H,30,31)/t18-/m0/s1. The van der Waals surface area contributed by atoms with Gasteiger partial charge in [0.05, 0.1) is 16.8 Å². The Kier molecular flexibility index (Phi) is 6.19. The molecule has 4 rings (SSSR count). The van der Waals surface area contributed by atoms with Crippen molar-refractivity contribution >= 4 is 38.4 Å². The summed E-state index contributed by atoms with van der Waals surface area (Å²) >= 11 is 3.53. The number of aryl methyl sites for hydroxylation is 1. The summed E-state index contributed by atoms with van der Waals surface area (Å²) in [5.41, 5.74) is 6.38. The Balaban J connectivity index is 1.81. The van der Waals surface area contributed by atoms with Gasteiger partial charge in [0.15, 0.2) is 0 Å². The van der Waals surface area contributed by atoms with E-state index < -0.39 is 0 Å². The van der Waals surface area contributed by atoms with Crippen molar-refractivity contribution < 1.29 is 4.79 Å². The van der Waals surface area contributed by atoms with Crippen LogP contribution in [0, 0.1) is 6.92 Å². The Morgan fingerprint density at radius 1 is 1.03 bits per heavy atom. The highest BCUT2D eigenvalue weighted by Crippen LogP contribution is 2.30. The van der Waals surface area contributed by atoms with Gasteiger partial charge in [-0.05, 0) is 55.2 Å². The number of benzene rings is 3. The topological polar surface area (TPSA) is 42.0 Å². The van der Waals surface area contributed by atoms with E-state index in [9.17, 15) is 4.79 Å². The van der Waals surface area contributed by atoms with Gasteiger partial charge in [-0.15, -0.1) is 0 Å². The monoisotopic (exact) mass is 472 g/mol. The average Bonchev–Trinajstić information content (AvgIpc) is 2.78. The minimum Gasteiger partial charge on any atom is -0.322 e. The molecule has 0 unspecified atom stereocenters. The quantitative estimate of drug-likeness (QED) is 0.322. The summed E-state index contributed by atoms with van der Waals surface area (Å²) < 4.78 is 0.916. The molecule has 0 aliphatic carbocycles. The largest absolute Gasteiger partial charge is 0.322 e. The second kappa shape index (κ2) is 9.03. The molecule has 1 aromatic heterocycles. The molecular weight excluding hydrogens is 448 g/mol. The second-order valence-corrected chi connectivity index (χ2v) is 8.85. The molecule has 1 atom stereocenters. The number of carbonyl (C=O) groups excluding carboxylic acids is 1. The van der Waals surface area contributed by atoms with Crippen LogP contribution in [0.5, 0.6) is 0 Å². The smallest absolute Gasteiger partial charge is 0.256 e. The number of nitrogens with zero attached hydrogens (tertiary/aromatic N) is 1. The SMILES string of the molecule is CC[C@H](C)c1ccccc1NC(=O)c1cc(-c2ccc(C)cc2)nc2ccc(Br)cc12. The number of para-hydroxylation sites is 1. The number of carbonyl (C=O) groups is 1. The Labute approximate surface area is 191 Å². The third-order valence-corrected chi connectivity index (χ3v) is 6.21. The summed E-state index contributed by atoms with van der Waals surface area (Å²) in [6.45, 7) is 6.40. The summed E-state index contributed by atoms with van der Waals surface area (Å²) in [6, 6.07) is 24.0. The summed E-state index contributed by atoms with van der Waals surface area (Å²) in [5, 5.41) is 3.98. The number of aromatic nitrogens is 1. The number of halogens is 1. The lowest BCUT2D eigenvalue weighted by Crippen LogP contribution is -2.15. The van der Waals surface area contributed by atoms with Gasteiger partial charge < -0.3 is 5.32 Å². The molecule has 0 radical (unpaired) electrons. The van der Waals surface area contributed by atoms with Crippen LogP contribution in [-0.4, -0.2) is 10.9 Å². The minimum atomic E-state index is -0.130. The van der Waals surface area contributed by atoms with Crippen LogP contribution in [0.2, 0.25) is 0 Å². The molecule has 31 heavy (non-hydrogen) atoms. The maximum atomic E-state index is 13.5. The van der Waals surface area contributed by atoms with Gasteiger partial charge in [0.2, 0.25) is 0 Å². The van der Waals surface area contributed by atoms with Crippen molar-refractivity contribution in [3.05, 3.63) is 94.0 Å². The van der Waals surface area contributed by atoms with Gasteiger partial charge in [-0.1, -0.05) is 77.8 Å². The van der Waals surface area contributed by atoms with E-state index in [1.165, 1.54) is 5.56 Å². The number of amides is 1. The first kappa shape index (κ1) is 21.3. The van der Waals surface area contributed by atoms with E-state index in [0.717, 1.165) is 44.3 Å². The van der Waals surface area contributed by atoms with E-state index in [2.05, 4.69) is 60.2 Å². The van der Waals surface area contributed by atoms with E-state index >= 15 is 0 Å². The number of hydrogen-bond donors (Lipinski definition) is 1. The lowest BCUT2D eigenvalue weighted by Gasteiger charge is -2.16. The van der Waals surface area contributed by atoms with Gasteiger partial charge in [0, 0.05) is 21.1 Å². The highest BCUT2D eigenvalue weighted by atomic mass is 79.9. The summed E-state index contributed by atoms with van der Waals surface area (Å²) in [5.74, 6) is 0.234. The molecule has 1 heterocycles. The third-order valence-electron chi connectivity index (χ3n) is 5.71. The molecule has 0 saturated heterocycles. The first-order valence-electron chi connectivity index (χ1n) is 10.5. The fraction of sp³-hybridized carbons (Fsp3) is 0.185. The number of nitrogens with one attached hydrogen (secondary N) is 1. The van der Waals surface area contributed by atoms with Gasteiger partial charge >= 0.3 is 0 Å². The predicted molar refractivity (Wildman–Crippen MR) is 133 cm³/mol. The highest BCUT2D eigenvalue weighted by Gasteiger charge is 2.17. The van der Waals surface area contributed by atoms with Crippen LogP contribution in [0.1, 0.15) is 47.7 Å². The van der Waals surface area contributed by atoms with Crippen molar-refractivity contribution in [2.75, 3.05) is 5.32 Å². The lowest BCUT2D eigenvalue weighted by atomic mass is 9.96. The highest BCUT2D eigenvalue weighted by molar-refractivity contribution is 9.10. The number of fused-ring (bicyclic) bond motifs is 1. The maximum Gasteiger partial charge on any atom is 0.256 e. The van der Waals surface area contributed by atoms with Crippen LogP contribution in [0.25, 0.3) is 22.2 Å². The molecule has 3 nitrogen and oxygen atoms in total. The second-order valence-electron chi connectivity index (χ2n) is 7.93. The lowest BCUT2D eigenvalue weighted by molar-refractivity contribution is 0.102. The average molecular weight is 473 g/mol. The molecule has 1 N–H and O–H groups in total. The van der Waals surface area contributed by atoms with Crippen LogP contribution in [0.4, 0.5) is 5.69 Å². The van der Waals surface area contributed by atoms with Crippen LogP contribution >= 0.6 is 15.9 Å². The molecular formula is C27H25BrN2O. The van der Waals surface area contributed by atoms with E-state index in [4.69, 9.17) is 4.98 Å².